The standard InChI is InChI=1S/C26H44O3/c1-18(2)25(29)9-6-19(3)22-10-12-26(17-22)11-4-5-20(16-26)7-8-21-13-23(27)15-24(28)14-21/h7-8,18-19,22-25,27-29H,4-6,9-17H2,1-3H3/b20-7+,21-8?/t19?,22-,23-,24+,25?,26-/m1/s1. The Morgan fingerprint density at radius 2 is 1.69 bits per heavy atom. The van der Waals surface area contributed by atoms with Crippen molar-refractivity contribution in [1.82, 2.24) is 0 Å². The molecule has 3 N–H and O–H groups in total. The number of hydrogen-bond acceptors (Lipinski definition) is 3. The van der Waals surface area contributed by atoms with Gasteiger partial charge in [-0.1, -0.05) is 44.1 Å². The molecule has 3 aliphatic carbocycles. The molecule has 0 saturated heterocycles. The van der Waals surface area contributed by atoms with Crippen molar-refractivity contribution in [3.8, 4) is 0 Å². The SMILES string of the molecule is CC(C)C(O)CCC(C)[C@@H]1CC[C@@]2(CCC/C(=C\C=C3C[C@@H](O)C[C@@H](O)C3)C2)C1. The first-order valence-electron chi connectivity index (χ1n) is 12.2. The summed E-state index contributed by atoms with van der Waals surface area (Å²) in [6.45, 7) is 6.63. The summed E-state index contributed by atoms with van der Waals surface area (Å²) in [5.41, 5.74) is 3.27. The summed E-state index contributed by atoms with van der Waals surface area (Å²) in [7, 11) is 0. The molecule has 166 valence electrons. The molecule has 3 rings (SSSR count). The van der Waals surface area contributed by atoms with Crippen LogP contribution in [0.3, 0.4) is 0 Å². The maximum atomic E-state index is 10.2. The number of aliphatic hydroxyl groups excluding tert-OH is 3. The highest BCUT2D eigenvalue weighted by Gasteiger charge is 2.42. The van der Waals surface area contributed by atoms with Gasteiger partial charge in [-0.15, -0.1) is 0 Å². The van der Waals surface area contributed by atoms with Crippen LogP contribution < -0.4 is 0 Å². The molecule has 0 aromatic carbocycles. The molecule has 0 aromatic heterocycles. The average molecular weight is 405 g/mol. The number of hydrogen-bond donors (Lipinski definition) is 3. The van der Waals surface area contributed by atoms with Crippen molar-refractivity contribution in [2.45, 2.75) is 116 Å². The molecule has 6 atom stereocenters. The number of allylic oxidation sites excluding steroid dienone is 3. The van der Waals surface area contributed by atoms with Gasteiger partial charge in [0.1, 0.15) is 0 Å². The fourth-order valence-corrected chi connectivity index (χ4v) is 6.16. The van der Waals surface area contributed by atoms with Crippen LogP contribution in [-0.2, 0) is 0 Å². The molecule has 3 nitrogen and oxygen atoms in total. The molecule has 0 aliphatic heterocycles. The molecule has 3 heteroatoms. The lowest BCUT2D eigenvalue weighted by atomic mass is 9.69. The Hall–Kier alpha value is -0.640. The van der Waals surface area contributed by atoms with Crippen LogP contribution in [0.5, 0.6) is 0 Å². The van der Waals surface area contributed by atoms with E-state index in [4.69, 9.17) is 0 Å². The van der Waals surface area contributed by atoms with Crippen LogP contribution >= 0.6 is 0 Å². The number of rotatable bonds is 6. The highest BCUT2D eigenvalue weighted by molar-refractivity contribution is 5.22. The Morgan fingerprint density at radius 1 is 1.00 bits per heavy atom. The summed E-state index contributed by atoms with van der Waals surface area (Å²) < 4.78 is 0. The topological polar surface area (TPSA) is 60.7 Å². The first kappa shape index (κ1) is 23.0. The fourth-order valence-electron chi connectivity index (χ4n) is 6.16. The average Bonchev–Trinajstić information content (AvgIpc) is 3.06. The lowest BCUT2D eigenvalue weighted by molar-refractivity contribution is 0.0609. The Labute approximate surface area is 178 Å². The second-order valence-corrected chi connectivity index (χ2v) is 11.0. The predicted octanol–water partition coefficient (Wildman–Crippen LogP) is 5.54. The van der Waals surface area contributed by atoms with Gasteiger partial charge in [-0.05, 0) is 100 Å². The van der Waals surface area contributed by atoms with Gasteiger partial charge in [0.25, 0.3) is 0 Å². The van der Waals surface area contributed by atoms with Crippen LogP contribution in [-0.4, -0.2) is 33.6 Å². The third-order valence-electron chi connectivity index (χ3n) is 8.13. The minimum Gasteiger partial charge on any atom is -0.393 e. The molecule has 0 aromatic rings. The summed E-state index contributed by atoms with van der Waals surface area (Å²) >= 11 is 0. The van der Waals surface area contributed by atoms with Crippen LogP contribution in [0.2, 0.25) is 0 Å². The van der Waals surface area contributed by atoms with E-state index in [2.05, 4.69) is 32.9 Å². The van der Waals surface area contributed by atoms with Crippen molar-refractivity contribution >= 4 is 0 Å². The van der Waals surface area contributed by atoms with E-state index in [1.807, 2.05) is 0 Å². The zero-order valence-corrected chi connectivity index (χ0v) is 18.9. The molecular weight excluding hydrogens is 360 g/mol. The molecule has 0 radical (unpaired) electrons. The van der Waals surface area contributed by atoms with E-state index in [1.54, 1.807) is 5.57 Å². The molecule has 29 heavy (non-hydrogen) atoms. The van der Waals surface area contributed by atoms with E-state index in [9.17, 15) is 15.3 Å². The third kappa shape index (κ3) is 6.42. The van der Waals surface area contributed by atoms with Crippen molar-refractivity contribution in [1.29, 1.82) is 0 Å². The highest BCUT2D eigenvalue weighted by atomic mass is 16.3. The van der Waals surface area contributed by atoms with Crippen molar-refractivity contribution in [3.63, 3.8) is 0 Å². The molecule has 3 saturated carbocycles. The third-order valence-corrected chi connectivity index (χ3v) is 8.13. The van der Waals surface area contributed by atoms with Crippen molar-refractivity contribution in [2.75, 3.05) is 0 Å². The Morgan fingerprint density at radius 3 is 2.38 bits per heavy atom. The normalized spacial score (nSPS) is 38.2. The Kier molecular flexibility index (Phi) is 8.03. The van der Waals surface area contributed by atoms with Gasteiger partial charge in [0.15, 0.2) is 0 Å². The lowest BCUT2D eigenvalue weighted by Crippen LogP contribution is -2.25. The zero-order chi connectivity index (χ0) is 21.0. The van der Waals surface area contributed by atoms with Gasteiger partial charge in [0, 0.05) is 0 Å². The summed E-state index contributed by atoms with van der Waals surface area (Å²) in [4.78, 5) is 0. The van der Waals surface area contributed by atoms with Crippen LogP contribution in [0.25, 0.3) is 0 Å². The van der Waals surface area contributed by atoms with Crippen LogP contribution in [0, 0.1) is 23.2 Å². The maximum Gasteiger partial charge on any atom is 0.0602 e. The minimum atomic E-state index is -0.382. The maximum absolute atomic E-state index is 10.2. The van der Waals surface area contributed by atoms with Gasteiger partial charge in [-0.3, -0.25) is 0 Å². The molecular formula is C26H44O3. The highest BCUT2D eigenvalue weighted by Crippen LogP contribution is 2.54. The van der Waals surface area contributed by atoms with Crippen LogP contribution in [0.15, 0.2) is 23.3 Å². The molecule has 0 bridgehead atoms. The van der Waals surface area contributed by atoms with E-state index >= 15 is 0 Å². The number of aliphatic hydroxyl groups is 3. The van der Waals surface area contributed by atoms with Gasteiger partial charge < -0.3 is 15.3 Å². The van der Waals surface area contributed by atoms with E-state index in [-0.39, 0.29) is 18.3 Å². The van der Waals surface area contributed by atoms with Gasteiger partial charge in [0.2, 0.25) is 0 Å². The predicted molar refractivity (Wildman–Crippen MR) is 120 cm³/mol. The zero-order valence-electron chi connectivity index (χ0n) is 18.9. The molecule has 3 fully saturated rings. The summed E-state index contributed by atoms with van der Waals surface area (Å²) in [6.07, 6.45) is 16.8. The van der Waals surface area contributed by atoms with E-state index in [1.165, 1.54) is 50.5 Å². The molecule has 0 amide bonds. The van der Waals surface area contributed by atoms with E-state index in [0.717, 1.165) is 18.8 Å². The molecule has 1 spiro atoms. The smallest absolute Gasteiger partial charge is 0.0602 e. The van der Waals surface area contributed by atoms with Crippen molar-refractivity contribution < 1.29 is 15.3 Å². The molecule has 3 aliphatic rings. The van der Waals surface area contributed by atoms with Gasteiger partial charge in [-0.25, -0.2) is 0 Å². The van der Waals surface area contributed by atoms with Crippen molar-refractivity contribution in [2.24, 2.45) is 23.2 Å². The summed E-state index contributed by atoms with van der Waals surface area (Å²) in [5.74, 6) is 1.89. The minimum absolute atomic E-state index is 0.151. The lowest BCUT2D eigenvalue weighted by Gasteiger charge is -2.36. The van der Waals surface area contributed by atoms with Crippen molar-refractivity contribution in [3.05, 3.63) is 23.3 Å². The van der Waals surface area contributed by atoms with E-state index in [0.29, 0.717) is 36.5 Å². The van der Waals surface area contributed by atoms with Gasteiger partial charge in [-0.2, -0.15) is 0 Å². The monoisotopic (exact) mass is 404 g/mol. The van der Waals surface area contributed by atoms with Crippen LogP contribution in [0.4, 0.5) is 0 Å². The Bertz CT molecular complexity index is 581. The van der Waals surface area contributed by atoms with E-state index < -0.39 is 0 Å². The fraction of sp³-hybridized carbons (Fsp3) is 0.846. The molecule has 2 unspecified atom stereocenters. The second kappa shape index (κ2) is 10.1. The quantitative estimate of drug-likeness (QED) is 0.545. The summed E-state index contributed by atoms with van der Waals surface area (Å²) in [6, 6.07) is 0. The van der Waals surface area contributed by atoms with Gasteiger partial charge in [0.05, 0.1) is 18.3 Å². The van der Waals surface area contributed by atoms with Crippen LogP contribution in [0.1, 0.15) is 97.8 Å². The molecule has 0 heterocycles. The second-order valence-electron chi connectivity index (χ2n) is 11.0. The summed E-state index contributed by atoms with van der Waals surface area (Å²) in [5, 5.41) is 30.0. The Balaban J connectivity index is 1.55. The first-order chi connectivity index (χ1) is 13.8. The van der Waals surface area contributed by atoms with Gasteiger partial charge >= 0.3 is 0 Å². The first-order valence-corrected chi connectivity index (χ1v) is 12.2. The largest absolute Gasteiger partial charge is 0.393 e.